The van der Waals surface area contributed by atoms with Crippen molar-refractivity contribution < 1.29 is 9.53 Å². The molecule has 1 aromatic rings. The van der Waals surface area contributed by atoms with E-state index in [1.165, 1.54) is 6.42 Å². The largest absolute Gasteiger partial charge is 0.497 e. The Balaban J connectivity index is 1.75. The number of hydrogen-bond acceptors (Lipinski definition) is 4. The summed E-state index contributed by atoms with van der Waals surface area (Å²) >= 11 is 0. The van der Waals surface area contributed by atoms with Gasteiger partial charge in [0.25, 0.3) is 0 Å². The fourth-order valence-electron chi connectivity index (χ4n) is 2.60. The monoisotopic (exact) mass is 291 g/mol. The van der Waals surface area contributed by atoms with Crippen LogP contribution in [0.2, 0.25) is 0 Å². The number of carbonyl (C=O) groups is 1. The number of piperidine rings is 1. The van der Waals surface area contributed by atoms with Gasteiger partial charge in [0, 0.05) is 19.1 Å². The predicted octanol–water partition coefficient (Wildman–Crippen LogP) is 0.995. The van der Waals surface area contributed by atoms with Crippen molar-refractivity contribution in [2.24, 2.45) is 0 Å². The van der Waals surface area contributed by atoms with Gasteiger partial charge in [-0.15, -0.1) is 0 Å². The molecule has 2 rings (SSSR count). The van der Waals surface area contributed by atoms with Gasteiger partial charge in [0.2, 0.25) is 5.91 Å². The van der Waals surface area contributed by atoms with Gasteiger partial charge in [0.15, 0.2) is 0 Å². The summed E-state index contributed by atoms with van der Waals surface area (Å²) in [5, 5.41) is 6.34. The zero-order valence-corrected chi connectivity index (χ0v) is 12.9. The molecule has 5 heteroatoms. The van der Waals surface area contributed by atoms with Gasteiger partial charge in [0.05, 0.1) is 13.7 Å². The highest BCUT2D eigenvalue weighted by Gasteiger charge is 2.19. The second-order valence-corrected chi connectivity index (χ2v) is 5.54. The van der Waals surface area contributed by atoms with Crippen molar-refractivity contribution in [3.8, 4) is 5.75 Å². The SMILES string of the molecule is COc1cccc(CNC(=O)CN(C)C2CCCNC2)c1. The number of likely N-dealkylation sites (N-methyl/N-ethyl adjacent to an activating group) is 1. The van der Waals surface area contributed by atoms with Crippen LogP contribution in [0.25, 0.3) is 0 Å². The molecule has 1 amide bonds. The molecule has 0 radical (unpaired) electrons. The van der Waals surface area contributed by atoms with Crippen LogP contribution in [0.5, 0.6) is 5.75 Å². The quantitative estimate of drug-likeness (QED) is 0.821. The van der Waals surface area contributed by atoms with Crippen LogP contribution >= 0.6 is 0 Å². The number of nitrogens with one attached hydrogen (secondary N) is 2. The van der Waals surface area contributed by atoms with E-state index in [1.807, 2.05) is 31.3 Å². The first-order chi connectivity index (χ1) is 10.2. The Morgan fingerprint density at radius 3 is 3.10 bits per heavy atom. The first kappa shape index (κ1) is 15.8. The van der Waals surface area contributed by atoms with E-state index >= 15 is 0 Å². The fraction of sp³-hybridized carbons (Fsp3) is 0.562. The predicted molar refractivity (Wildman–Crippen MR) is 83.4 cm³/mol. The summed E-state index contributed by atoms with van der Waals surface area (Å²) in [5.41, 5.74) is 1.05. The molecule has 2 N–H and O–H groups in total. The zero-order chi connectivity index (χ0) is 15.1. The molecule has 0 aromatic heterocycles. The van der Waals surface area contributed by atoms with E-state index in [1.54, 1.807) is 7.11 Å². The molecule has 1 aliphatic rings. The third-order valence-electron chi connectivity index (χ3n) is 3.91. The van der Waals surface area contributed by atoms with Crippen molar-refractivity contribution in [1.82, 2.24) is 15.5 Å². The Morgan fingerprint density at radius 2 is 2.38 bits per heavy atom. The van der Waals surface area contributed by atoms with Gasteiger partial charge in [-0.3, -0.25) is 9.69 Å². The Kier molecular flexibility index (Phi) is 6.02. The van der Waals surface area contributed by atoms with Crippen LogP contribution < -0.4 is 15.4 Å². The van der Waals surface area contributed by atoms with Gasteiger partial charge in [0.1, 0.15) is 5.75 Å². The number of hydrogen-bond donors (Lipinski definition) is 2. The number of ether oxygens (including phenoxy) is 1. The summed E-state index contributed by atoms with van der Waals surface area (Å²) in [6.07, 6.45) is 2.34. The lowest BCUT2D eigenvalue weighted by Crippen LogP contribution is -2.47. The molecule has 1 aromatic carbocycles. The standard InChI is InChI=1S/C16H25N3O2/c1-19(14-6-4-8-17-11-14)12-16(20)18-10-13-5-3-7-15(9-13)21-2/h3,5,7,9,14,17H,4,6,8,10-12H2,1-2H3,(H,18,20). The molecule has 1 heterocycles. The van der Waals surface area contributed by atoms with Gasteiger partial charge in [-0.1, -0.05) is 12.1 Å². The van der Waals surface area contributed by atoms with E-state index in [-0.39, 0.29) is 5.91 Å². The maximum atomic E-state index is 12.0. The lowest BCUT2D eigenvalue weighted by atomic mass is 10.1. The van der Waals surface area contributed by atoms with Crippen molar-refractivity contribution in [2.45, 2.75) is 25.4 Å². The fourth-order valence-corrected chi connectivity index (χ4v) is 2.60. The highest BCUT2D eigenvalue weighted by molar-refractivity contribution is 5.78. The average Bonchev–Trinajstić information content (AvgIpc) is 2.54. The summed E-state index contributed by atoms with van der Waals surface area (Å²) in [7, 11) is 3.66. The second kappa shape index (κ2) is 8.00. The third kappa shape index (κ3) is 5.02. The van der Waals surface area contributed by atoms with Gasteiger partial charge in [-0.05, 0) is 44.1 Å². The van der Waals surface area contributed by atoms with E-state index in [0.29, 0.717) is 19.1 Å². The normalized spacial score (nSPS) is 18.5. The van der Waals surface area contributed by atoms with Crippen molar-refractivity contribution in [1.29, 1.82) is 0 Å². The van der Waals surface area contributed by atoms with Crippen molar-refractivity contribution in [2.75, 3.05) is 33.8 Å². The minimum absolute atomic E-state index is 0.0610. The maximum absolute atomic E-state index is 12.0. The Morgan fingerprint density at radius 1 is 1.52 bits per heavy atom. The molecule has 0 spiro atoms. The summed E-state index contributed by atoms with van der Waals surface area (Å²) in [4.78, 5) is 14.2. The van der Waals surface area contributed by atoms with Crippen LogP contribution in [0, 0.1) is 0 Å². The Hall–Kier alpha value is -1.59. The number of methoxy groups -OCH3 is 1. The van der Waals surface area contributed by atoms with Gasteiger partial charge >= 0.3 is 0 Å². The van der Waals surface area contributed by atoms with Gasteiger partial charge in [-0.25, -0.2) is 0 Å². The van der Waals surface area contributed by atoms with E-state index in [0.717, 1.165) is 30.8 Å². The van der Waals surface area contributed by atoms with Crippen LogP contribution in [-0.2, 0) is 11.3 Å². The summed E-state index contributed by atoms with van der Waals surface area (Å²) in [6, 6.07) is 8.21. The molecule has 0 saturated carbocycles. The molecule has 1 fully saturated rings. The van der Waals surface area contributed by atoms with Crippen molar-refractivity contribution in [3.63, 3.8) is 0 Å². The Labute approximate surface area is 126 Å². The number of rotatable bonds is 6. The highest BCUT2D eigenvalue weighted by Crippen LogP contribution is 2.12. The van der Waals surface area contributed by atoms with E-state index in [2.05, 4.69) is 15.5 Å². The molecule has 1 unspecified atom stereocenters. The maximum Gasteiger partial charge on any atom is 0.234 e. The van der Waals surface area contributed by atoms with Crippen LogP contribution in [0.1, 0.15) is 18.4 Å². The van der Waals surface area contributed by atoms with E-state index < -0.39 is 0 Å². The first-order valence-corrected chi connectivity index (χ1v) is 7.49. The molecule has 0 aliphatic carbocycles. The molecule has 1 aliphatic heterocycles. The minimum Gasteiger partial charge on any atom is -0.497 e. The molecular weight excluding hydrogens is 266 g/mol. The van der Waals surface area contributed by atoms with Gasteiger partial charge < -0.3 is 15.4 Å². The van der Waals surface area contributed by atoms with Crippen LogP contribution in [0.15, 0.2) is 24.3 Å². The second-order valence-electron chi connectivity index (χ2n) is 5.54. The van der Waals surface area contributed by atoms with Crippen molar-refractivity contribution >= 4 is 5.91 Å². The van der Waals surface area contributed by atoms with Crippen LogP contribution in [-0.4, -0.2) is 50.6 Å². The number of carbonyl (C=O) groups excluding carboxylic acids is 1. The smallest absolute Gasteiger partial charge is 0.234 e. The lowest BCUT2D eigenvalue weighted by molar-refractivity contribution is -0.122. The average molecular weight is 291 g/mol. The summed E-state index contributed by atoms with van der Waals surface area (Å²) < 4.78 is 5.18. The molecule has 116 valence electrons. The number of benzene rings is 1. The summed E-state index contributed by atoms with van der Waals surface area (Å²) in [5.74, 6) is 0.873. The van der Waals surface area contributed by atoms with Crippen LogP contribution in [0.4, 0.5) is 0 Å². The summed E-state index contributed by atoms with van der Waals surface area (Å²) in [6.45, 7) is 3.04. The molecule has 1 atom stereocenters. The first-order valence-electron chi connectivity index (χ1n) is 7.49. The third-order valence-corrected chi connectivity index (χ3v) is 3.91. The van der Waals surface area contributed by atoms with E-state index in [9.17, 15) is 4.79 Å². The lowest BCUT2D eigenvalue weighted by Gasteiger charge is -2.31. The minimum atomic E-state index is 0.0610. The van der Waals surface area contributed by atoms with Crippen LogP contribution in [0.3, 0.4) is 0 Å². The molecule has 5 nitrogen and oxygen atoms in total. The molecule has 0 bridgehead atoms. The number of nitrogens with zero attached hydrogens (tertiary/aromatic N) is 1. The number of amides is 1. The zero-order valence-electron chi connectivity index (χ0n) is 12.9. The molecule has 1 saturated heterocycles. The van der Waals surface area contributed by atoms with E-state index in [4.69, 9.17) is 4.74 Å². The topological polar surface area (TPSA) is 53.6 Å². The van der Waals surface area contributed by atoms with Gasteiger partial charge in [-0.2, -0.15) is 0 Å². The highest BCUT2D eigenvalue weighted by atomic mass is 16.5. The molecule has 21 heavy (non-hydrogen) atoms. The molecular formula is C16H25N3O2. The Bertz CT molecular complexity index is 459. The van der Waals surface area contributed by atoms with Crippen molar-refractivity contribution in [3.05, 3.63) is 29.8 Å².